The summed E-state index contributed by atoms with van der Waals surface area (Å²) in [6, 6.07) is 1.52. The maximum absolute atomic E-state index is 12.9. The second-order valence-corrected chi connectivity index (χ2v) is 7.84. The lowest BCUT2D eigenvalue weighted by Crippen LogP contribution is -2.37. The highest BCUT2D eigenvalue weighted by molar-refractivity contribution is 5.99. The Morgan fingerprint density at radius 2 is 1.81 bits per heavy atom. The summed E-state index contributed by atoms with van der Waals surface area (Å²) in [7, 11) is 1.41. The van der Waals surface area contributed by atoms with Crippen LogP contribution in [0, 0.1) is 11.8 Å². The topological polar surface area (TPSA) is 110 Å². The molecule has 0 amide bonds. The van der Waals surface area contributed by atoms with Gasteiger partial charge in [-0.05, 0) is 19.3 Å². The first kappa shape index (κ1) is 27.4. The van der Waals surface area contributed by atoms with E-state index in [9.17, 15) is 14.4 Å². The molecule has 9 heteroatoms. The molecule has 9 nitrogen and oxygen atoms in total. The molecule has 0 spiro atoms. The highest BCUT2D eigenvalue weighted by atomic mass is 16.7. The van der Waals surface area contributed by atoms with Crippen molar-refractivity contribution in [1.29, 1.82) is 0 Å². The van der Waals surface area contributed by atoms with Gasteiger partial charge in [0.2, 0.25) is 6.79 Å². The van der Waals surface area contributed by atoms with Gasteiger partial charge in [0.05, 0.1) is 19.1 Å². The Hall–Kier alpha value is -2.68. The third-order valence-corrected chi connectivity index (χ3v) is 4.67. The average molecular weight is 454 g/mol. The molecule has 1 aromatic rings. The summed E-state index contributed by atoms with van der Waals surface area (Å²) in [5, 5.41) is 0. The van der Waals surface area contributed by atoms with Gasteiger partial charge in [0.1, 0.15) is 6.10 Å². The number of hydrogen-bond donors (Lipinski definition) is 0. The van der Waals surface area contributed by atoms with E-state index in [1.165, 1.54) is 26.3 Å². The number of pyridine rings is 1. The van der Waals surface area contributed by atoms with Gasteiger partial charge in [0, 0.05) is 32.2 Å². The van der Waals surface area contributed by atoms with Crippen LogP contribution in [0.5, 0.6) is 11.5 Å². The van der Waals surface area contributed by atoms with E-state index in [0.717, 1.165) is 6.42 Å². The van der Waals surface area contributed by atoms with Crippen molar-refractivity contribution in [3.8, 4) is 11.5 Å². The molecule has 0 unspecified atom stereocenters. The fourth-order valence-electron chi connectivity index (χ4n) is 2.98. The molecule has 0 N–H and O–H groups in total. The normalized spacial score (nSPS) is 13.8. The highest BCUT2D eigenvalue weighted by Gasteiger charge is 2.30. The predicted molar refractivity (Wildman–Crippen MR) is 117 cm³/mol. The molecule has 0 aromatic carbocycles. The predicted octanol–water partition coefficient (Wildman–Crippen LogP) is 3.58. The number of rotatable bonds is 14. The van der Waals surface area contributed by atoms with E-state index < -0.39 is 36.5 Å². The third-order valence-electron chi connectivity index (χ3n) is 4.67. The van der Waals surface area contributed by atoms with Crippen LogP contribution in [0.25, 0.3) is 0 Å². The molecule has 0 aliphatic carbocycles. The molecular weight excluding hydrogens is 418 g/mol. The Morgan fingerprint density at radius 1 is 1.12 bits per heavy atom. The van der Waals surface area contributed by atoms with Crippen molar-refractivity contribution in [3.05, 3.63) is 18.0 Å². The Labute approximate surface area is 189 Å². The minimum Gasteiger partial charge on any atom is -0.493 e. The number of carbonyl (C=O) groups excluding carboxylic acids is 3. The molecular formula is C23H35NO8. The van der Waals surface area contributed by atoms with E-state index in [4.69, 9.17) is 23.7 Å². The lowest BCUT2D eigenvalue weighted by Gasteiger charge is -2.28. The molecule has 0 fully saturated rings. The molecule has 180 valence electrons. The number of ether oxygens (including phenoxy) is 5. The number of carbonyl (C=O) groups is 3. The Balaban J connectivity index is 2.89. The zero-order chi connectivity index (χ0) is 24.3. The average Bonchev–Trinajstić information content (AvgIpc) is 2.74. The summed E-state index contributed by atoms with van der Waals surface area (Å²) in [6.07, 6.45) is 1.43. The lowest BCUT2D eigenvalue weighted by molar-refractivity contribution is -0.165. The van der Waals surface area contributed by atoms with E-state index in [2.05, 4.69) is 4.98 Å². The van der Waals surface area contributed by atoms with Crippen LogP contribution in [0.15, 0.2) is 12.3 Å². The van der Waals surface area contributed by atoms with E-state index in [1.54, 1.807) is 6.92 Å². The number of aromatic nitrogens is 1. The van der Waals surface area contributed by atoms with Gasteiger partial charge in [-0.15, -0.1) is 0 Å². The van der Waals surface area contributed by atoms with Crippen molar-refractivity contribution in [2.45, 2.75) is 66.6 Å². The molecule has 1 heterocycles. The van der Waals surface area contributed by atoms with Crippen molar-refractivity contribution < 1.29 is 38.1 Å². The van der Waals surface area contributed by atoms with Crippen LogP contribution < -0.4 is 9.47 Å². The number of esters is 2. The summed E-state index contributed by atoms with van der Waals surface area (Å²) in [4.78, 5) is 40.7. The Morgan fingerprint density at radius 3 is 2.38 bits per heavy atom. The number of nitrogens with zero attached hydrogens (tertiary/aromatic N) is 1. The molecule has 0 aliphatic heterocycles. The van der Waals surface area contributed by atoms with Crippen molar-refractivity contribution in [1.82, 2.24) is 4.98 Å². The van der Waals surface area contributed by atoms with Crippen LogP contribution >= 0.6 is 0 Å². The van der Waals surface area contributed by atoms with Crippen LogP contribution in [-0.4, -0.2) is 55.4 Å². The van der Waals surface area contributed by atoms with Crippen LogP contribution in [0.2, 0.25) is 0 Å². The summed E-state index contributed by atoms with van der Waals surface area (Å²) < 4.78 is 26.8. The van der Waals surface area contributed by atoms with Gasteiger partial charge in [0.25, 0.3) is 0 Å². The second-order valence-electron chi connectivity index (χ2n) is 7.84. The van der Waals surface area contributed by atoms with Gasteiger partial charge >= 0.3 is 11.9 Å². The van der Waals surface area contributed by atoms with Gasteiger partial charge < -0.3 is 23.7 Å². The Kier molecular flexibility index (Phi) is 11.7. The fraction of sp³-hybridized carbons (Fsp3) is 0.652. The van der Waals surface area contributed by atoms with E-state index in [-0.39, 0.29) is 35.6 Å². The van der Waals surface area contributed by atoms with Crippen LogP contribution in [0.3, 0.4) is 0 Å². The minimum absolute atomic E-state index is 0.0174. The first-order chi connectivity index (χ1) is 15.1. The smallest absolute Gasteiger partial charge is 0.309 e. The van der Waals surface area contributed by atoms with Crippen LogP contribution in [0.1, 0.15) is 64.9 Å². The largest absolute Gasteiger partial charge is 0.493 e. The number of hydrogen-bond acceptors (Lipinski definition) is 9. The van der Waals surface area contributed by atoms with Gasteiger partial charge in [-0.1, -0.05) is 27.7 Å². The zero-order valence-corrected chi connectivity index (χ0v) is 20.0. The van der Waals surface area contributed by atoms with Crippen molar-refractivity contribution in [2.75, 3.05) is 20.5 Å². The standard InChI is InChI=1S/C23H35NO8/c1-8-11-29-16(5)21(14(2)3)32-23(27)15(4)12-18(26)20-22(31-13-30-17(6)25)19(28-7)9-10-24-20/h9-10,14-16,21H,8,11-13H2,1-7H3/t15-,16+,21+/m1/s1. The monoisotopic (exact) mass is 453 g/mol. The summed E-state index contributed by atoms with van der Waals surface area (Å²) >= 11 is 0. The van der Waals surface area contributed by atoms with Gasteiger partial charge in [-0.3, -0.25) is 14.4 Å². The maximum Gasteiger partial charge on any atom is 0.309 e. The molecule has 0 aliphatic rings. The van der Waals surface area contributed by atoms with Crippen LogP contribution in [0.4, 0.5) is 0 Å². The van der Waals surface area contributed by atoms with Crippen molar-refractivity contribution in [3.63, 3.8) is 0 Å². The number of ketones is 1. The first-order valence-corrected chi connectivity index (χ1v) is 10.8. The molecule has 1 rings (SSSR count). The van der Waals surface area contributed by atoms with E-state index in [1.807, 2.05) is 27.7 Å². The summed E-state index contributed by atoms with van der Waals surface area (Å²) in [5.74, 6) is -1.81. The van der Waals surface area contributed by atoms with Gasteiger partial charge in [0.15, 0.2) is 23.0 Å². The Bertz CT molecular complexity index is 764. The van der Waals surface area contributed by atoms with Gasteiger partial charge in [-0.2, -0.15) is 0 Å². The number of Topliss-reactive ketones (excluding diaryl/α,β-unsaturated/α-hetero) is 1. The molecule has 0 saturated carbocycles. The first-order valence-electron chi connectivity index (χ1n) is 10.8. The minimum atomic E-state index is -0.712. The lowest BCUT2D eigenvalue weighted by atomic mass is 10.00. The maximum atomic E-state index is 12.9. The number of methoxy groups -OCH3 is 1. The molecule has 3 atom stereocenters. The van der Waals surface area contributed by atoms with Gasteiger partial charge in [-0.25, -0.2) is 4.98 Å². The summed E-state index contributed by atoms with van der Waals surface area (Å²) in [5.41, 5.74) is -0.0174. The second kappa shape index (κ2) is 13.7. The van der Waals surface area contributed by atoms with Crippen molar-refractivity contribution >= 4 is 17.7 Å². The molecule has 1 aromatic heterocycles. The van der Waals surface area contributed by atoms with Crippen molar-refractivity contribution in [2.24, 2.45) is 11.8 Å². The molecule has 0 radical (unpaired) electrons. The summed E-state index contributed by atoms with van der Waals surface area (Å²) in [6.45, 7) is 10.8. The third kappa shape index (κ3) is 8.45. The van der Waals surface area contributed by atoms with E-state index in [0.29, 0.717) is 6.61 Å². The highest BCUT2D eigenvalue weighted by Crippen LogP contribution is 2.31. The molecule has 0 saturated heterocycles. The van der Waals surface area contributed by atoms with Crippen LogP contribution in [-0.2, 0) is 23.8 Å². The zero-order valence-electron chi connectivity index (χ0n) is 20.0. The quantitative estimate of drug-likeness (QED) is 0.237. The molecule has 0 bridgehead atoms. The fourth-order valence-corrected chi connectivity index (χ4v) is 2.98. The van der Waals surface area contributed by atoms with E-state index >= 15 is 0 Å². The molecule has 32 heavy (non-hydrogen) atoms. The SMILES string of the molecule is CCCO[C@@H](C)[C@@H](OC(=O)[C@H](C)CC(=O)c1nccc(OC)c1OCOC(C)=O)C(C)C.